The minimum absolute atomic E-state index is 0.0428. The van der Waals surface area contributed by atoms with E-state index in [9.17, 15) is 9.59 Å². The summed E-state index contributed by atoms with van der Waals surface area (Å²) in [5, 5.41) is 0. The van der Waals surface area contributed by atoms with E-state index in [-0.39, 0.29) is 35.0 Å². The van der Waals surface area contributed by atoms with Crippen LogP contribution in [0.25, 0.3) is 0 Å². The van der Waals surface area contributed by atoms with Crippen molar-refractivity contribution in [3.63, 3.8) is 0 Å². The van der Waals surface area contributed by atoms with E-state index >= 15 is 0 Å². The normalized spacial score (nSPS) is 28.5. The van der Waals surface area contributed by atoms with Crippen molar-refractivity contribution in [3.8, 4) is 0 Å². The lowest BCUT2D eigenvalue weighted by Gasteiger charge is -2.34. The third-order valence-corrected chi connectivity index (χ3v) is 7.00. The van der Waals surface area contributed by atoms with Crippen molar-refractivity contribution in [1.82, 2.24) is 0 Å². The quantitative estimate of drug-likeness (QED) is 0.509. The summed E-state index contributed by atoms with van der Waals surface area (Å²) in [7, 11) is 0. The zero-order valence-electron chi connectivity index (χ0n) is 18.3. The number of carbonyl (C=O) groups excluding carboxylic acids is 2. The Hall–Kier alpha value is -1.06. The lowest BCUT2D eigenvalue weighted by atomic mass is 9.87. The van der Waals surface area contributed by atoms with Crippen LogP contribution in [0.4, 0.5) is 0 Å². The van der Waals surface area contributed by atoms with Crippen LogP contribution in [0, 0.1) is 23.7 Å². The average molecular weight is 381 g/mol. The number of hydrogen-bond acceptors (Lipinski definition) is 4. The van der Waals surface area contributed by atoms with E-state index in [1.807, 2.05) is 20.8 Å². The van der Waals surface area contributed by atoms with Gasteiger partial charge in [0.2, 0.25) is 0 Å². The Morgan fingerprint density at radius 3 is 2.11 bits per heavy atom. The summed E-state index contributed by atoms with van der Waals surface area (Å²) in [6.07, 6.45) is 8.77. The zero-order chi connectivity index (χ0) is 20.2. The molecule has 0 heterocycles. The van der Waals surface area contributed by atoms with Crippen LogP contribution in [0.5, 0.6) is 0 Å². The summed E-state index contributed by atoms with van der Waals surface area (Å²) < 4.78 is 12.0. The zero-order valence-corrected chi connectivity index (χ0v) is 18.3. The maximum absolute atomic E-state index is 12.8. The summed E-state index contributed by atoms with van der Waals surface area (Å²) in [5.41, 5.74) is -0.582. The number of hydrogen-bond donors (Lipinski definition) is 0. The van der Waals surface area contributed by atoms with Crippen LogP contribution >= 0.6 is 0 Å². The largest absolute Gasteiger partial charge is 0.459 e. The molecule has 2 aliphatic rings. The van der Waals surface area contributed by atoms with Gasteiger partial charge in [0, 0.05) is 0 Å². The van der Waals surface area contributed by atoms with Gasteiger partial charge in [-0.05, 0) is 69.6 Å². The van der Waals surface area contributed by atoms with Crippen LogP contribution in [0.1, 0.15) is 99.3 Å². The van der Waals surface area contributed by atoms with Crippen LogP contribution in [0.2, 0.25) is 0 Å². The molecule has 0 aromatic heterocycles. The standard InChI is InChI=1S/C23H40O4/c1-7-22(26-20(24)16(2)3)13-10-19(15-22)14-18(6)21(25)27-23(17(4)5)11-8-9-12-23/h16-19H,7-15H2,1-6H3. The van der Waals surface area contributed by atoms with Gasteiger partial charge in [-0.2, -0.15) is 0 Å². The first-order valence-corrected chi connectivity index (χ1v) is 11.1. The summed E-state index contributed by atoms with van der Waals surface area (Å²) in [5.74, 6) is 0.445. The molecule has 4 nitrogen and oxygen atoms in total. The van der Waals surface area contributed by atoms with Crippen molar-refractivity contribution in [3.05, 3.63) is 0 Å². The Morgan fingerprint density at radius 1 is 0.963 bits per heavy atom. The second-order valence-electron chi connectivity index (χ2n) is 9.71. The van der Waals surface area contributed by atoms with E-state index in [4.69, 9.17) is 9.47 Å². The highest BCUT2D eigenvalue weighted by Crippen LogP contribution is 2.44. The molecule has 0 N–H and O–H groups in total. The summed E-state index contributed by atoms with van der Waals surface area (Å²) in [6.45, 7) is 12.2. The molecule has 3 atom stereocenters. The van der Waals surface area contributed by atoms with E-state index < -0.39 is 0 Å². The molecule has 0 spiro atoms. The van der Waals surface area contributed by atoms with Gasteiger partial charge in [0.25, 0.3) is 0 Å². The van der Waals surface area contributed by atoms with Gasteiger partial charge in [-0.1, -0.05) is 41.5 Å². The Kier molecular flexibility index (Phi) is 7.38. The van der Waals surface area contributed by atoms with Gasteiger partial charge < -0.3 is 9.47 Å². The SMILES string of the molecule is CCC1(OC(=O)C(C)C)CCC(CC(C)C(=O)OC2(C(C)C)CCCC2)C1. The predicted molar refractivity (Wildman–Crippen MR) is 107 cm³/mol. The van der Waals surface area contributed by atoms with Gasteiger partial charge in [0.15, 0.2) is 0 Å². The van der Waals surface area contributed by atoms with Gasteiger partial charge in [0.1, 0.15) is 11.2 Å². The molecule has 0 amide bonds. The van der Waals surface area contributed by atoms with Crippen LogP contribution in [-0.2, 0) is 19.1 Å². The van der Waals surface area contributed by atoms with Gasteiger partial charge in [0.05, 0.1) is 11.8 Å². The molecular formula is C23H40O4. The van der Waals surface area contributed by atoms with Crippen LogP contribution in [0.15, 0.2) is 0 Å². The van der Waals surface area contributed by atoms with E-state index in [1.165, 1.54) is 0 Å². The Bertz CT molecular complexity index is 518. The van der Waals surface area contributed by atoms with Gasteiger partial charge in [-0.3, -0.25) is 9.59 Å². The van der Waals surface area contributed by atoms with Crippen LogP contribution in [0.3, 0.4) is 0 Å². The second-order valence-corrected chi connectivity index (χ2v) is 9.71. The molecule has 0 aromatic carbocycles. The maximum atomic E-state index is 12.8. The summed E-state index contributed by atoms with van der Waals surface area (Å²) >= 11 is 0. The Balaban J connectivity index is 1.91. The topological polar surface area (TPSA) is 52.6 Å². The molecule has 0 saturated heterocycles. The van der Waals surface area contributed by atoms with Crippen molar-refractivity contribution in [2.75, 3.05) is 0 Å². The predicted octanol–water partition coefficient (Wildman–Crippen LogP) is 5.67. The molecule has 0 radical (unpaired) electrons. The minimum atomic E-state index is -0.333. The Labute approximate surface area is 165 Å². The maximum Gasteiger partial charge on any atom is 0.309 e. The van der Waals surface area contributed by atoms with E-state index in [0.717, 1.165) is 57.8 Å². The number of ether oxygens (including phenoxy) is 2. The highest BCUT2D eigenvalue weighted by atomic mass is 16.6. The lowest BCUT2D eigenvalue weighted by Crippen LogP contribution is -2.39. The van der Waals surface area contributed by atoms with E-state index in [2.05, 4.69) is 20.8 Å². The first kappa shape index (κ1) is 22.2. The lowest BCUT2D eigenvalue weighted by molar-refractivity contribution is -0.170. The molecule has 0 aromatic rings. The smallest absolute Gasteiger partial charge is 0.309 e. The summed E-state index contributed by atoms with van der Waals surface area (Å²) in [4.78, 5) is 24.9. The summed E-state index contributed by atoms with van der Waals surface area (Å²) in [6, 6.07) is 0. The molecule has 4 heteroatoms. The highest BCUT2D eigenvalue weighted by molar-refractivity contribution is 5.73. The molecule has 156 valence electrons. The fourth-order valence-corrected chi connectivity index (χ4v) is 4.88. The Morgan fingerprint density at radius 2 is 1.59 bits per heavy atom. The minimum Gasteiger partial charge on any atom is -0.459 e. The molecule has 2 rings (SSSR count). The van der Waals surface area contributed by atoms with Crippen LogP contribution in [-0.4, -0.2) is 23.1 Å². The molecule has 0 bridgehead atoms. The molecule has 2 aliphatic carbocycles. The third-order valence-electron chi connectivity index (χ3n) is 7.00. The molecular weight excluding hydrogens is 340 g/mol. The molecule has 2 fully saturated rings. The highest BCUT2D eigenvalue weighted by Gasteiger charge is 2.44. The van der Waals surface area contributed by atoms with Crippen molar-refractivity contribution in [1.29, 1.82) is 0 Å². The van der Waals surface area contributed by atoms with Crippen LogP contribution < -0.4 is 0 Å². The fraction of sp³-hybridized carbons (Fsp3) is 0.913. The van der Waals surface area contributed by atoms with Crippen molar-refractivity contribution < 1.29 is 19.1 Å². The number of rotatable bonds is 8. The third kappa shape index (κ3) is 5.26. The monoisotopic (exact) mass is 380 g/mol. The number of esters is 2. The average Bonchev–Trinajstić information content (AvgIpc) is 3.23. The van der Waals surface area contributed by atoms with Gasteiger partial charge in [-0.25, -0.2) is 0 Å². The first-order chi connectivity index (χ1) is 12.6. The van der Waals surface area contributed by atoms with Gasteiger partial charge in [-0.15, -0.1) is 0 Å². The molecule has 3 unspecified atom stereocenters. The van der Waals surface area contributed by atoms with Gasteiger partial charge >= 0.3 is 11.9 Å². The van der Waals surface area contributed by atoms with Crippen molar-refractivity contribution >= 4 is 11.9 Å². The fourth-order valence-electron chi connectivity index (χ4n) is 4.88. The van der Waals surface area contributed by atoms with Crippen molar-refractivity contribution in [2.45, 2.75) is 111 Å². The molecule has 0 aliphatic heterocycles. The second kappa shape index (κ2) is 8.96. The van der Waals surface area contributed by atoms with E-state index in [1.54, 1.807) is 0 Å². The number of carbonyl (C=O) groups is 2. The van der Waals surface area contributed by atoms with Crippen molar-refractivity contribution in [2.24, 2.45) is 23.7 Å². The first-order valence-electron chi connectivity index (χ1n) is 11.1. The molecule has 27 heavy (non-hydrogen) atoms. The van der Waals surface area contributed by atoms with E-state index in [0.29, 0.717) is 11.8 Å². The molecule has 2 saturated carbocycles.